The molecule has 5 N–H and O–H groups in total. The van der Waals surface area contributed by atoms with Crippen molar-refractivity contribution in [2.45, 2.75) is 25.3 Å². The molecule has 0 bridgehead atoms. The molecule has 4 rings (SSSR count). The maximum atomic E-state index is 15.0. The van der Waals surface area contributed by atoms with E-state index < -0.39 is 23.2 Å². The smallest absolute Gasteiger partial charge is 0.449 e. The lowest BCUT2D eigenvalue weighted by Gasteiger charge is -2.21. The number of ether oxygens (including phenoxy) is 1. The number of nitrogens with two attached hydrogens (primary N) is 2. The van der Waals surface area contributed by atoms with E-state index in [1.807, 2.05) is 0 Å². The van der Waals surface area contributed by atoms with Gasteiger partial charge in [-0.1, -0.05) is 0 Å². The van der Waals surface area contributed by atoms with Crippen molar-refractivity contribution in [2.75, 3.05) is 30.3 Å². The van der Waals surface area contributed by atoms with Crippen LogP contribution in [0.1, 0.15) is 25.3 Å². The average Bonchev–Trinajstić information content (AvgIpc) is 3.36. The third kappa shape index (κ3) is 2.95. The molecule has 9 nitrogen and oxygen atoms in total. The van der Waals surface area contributed by atoms with E-state index in [9.17, 15) is 14.0 Å². The minimum atomic E-state index is -1.62. The zero-order valence-corrected chi connectivity index (χ0v) is 14.5. The third-order valence-electron chi connectivity index (χ3n) is 5.15. The van der Waals surface area contributed by atoms with Crippen molar-refractivity contribution >= 4 is 28.7 Å². The van der Waals surface area contributed by atoms with Gasteiger partial charge in [0, 0.05) is 19.1 Å². The number of carbonyl (C=O) groups is 1. The predicted molar refractivity (Wildman–Crippen MR) is 96.7 cm³/mol. The van der Waals surface area contributed by atoms with Crippen molar-refractivity contribution in [3.63, 3.8) is 0 Å². The van der Waals surface area contributed by atoms with Crippen LogP contribution in [-0.4, -0.2) is 40.4 Å². The Hall–Kier alpha value is -2.88. The molecule has 0 aromatic carbocycles. The SMILES string of the molecule is NCC1CCN(c2nc3c(c(N)c2F)c(=O)c(OC(=O)O)cn3C2CC2)C1. The van der Waals surface area contributed by atoms with Crippen molar-refractivity contribution < 1.29 is 19.0 Å². The molecule has 3 heterocycles. The molecule has 1 unspecified atom stereocenters. The minimum Gasteiger partial charge on any atom is -0.449 e. The summed E-state index contributed by atoms with van der Waals surface area (Å²) >= 11 is 0. The van der Waals surface area contributed by atoms with Crippen molar-refractivity contribution in [3.05, 3.63) is 22.2 Å². The molecule has 2 aromatic rings. The van der Waals surface area contributed by atoms with Crippen LogP contribution in [0.5, 0.6) is 5.75 Å². The summed E-state index contributed by atoms with van der Waals surface area (Å²) in [5.41, 5.74) is 10.8. The first-order valence-corrected chi connectivity index (χ1v) is 8.80. The summed E-state index contributed by atoms with van der Waals surface area (Å²) in [5, 5.41) is 8.70. The highest BCUT2D eigenvalue weighted by Crippen LogP contribution is 2.39. The summed E-state index contributed by atoms with van der Waals surface area (Å²) in [6, 6.07) is 0.0461. The first kappa shape index (κ1) is 17.5. The molecule has 1 aliphatic carbocycles. The Kier molecular flexibility index (Phi) is 4.14. The van der Waals surface area contributed by atoms with Gasteiger partial charge in [-0.05, 0) is 31.7 Å². The molecule has 1 atom stereocenters. The number of aromatic nitrogens is 2. The van der Waals surface area contributed by atoms with Crippen LogP contribution in [0.15, 0.2) is 11.0 Å². The lowest BCUT2D eigenvalue weighted by atomic mass is 10.1. The highest BCUT2D eigenvalue weighted by Gasteiger charge is 2.31. The van der Waals surface area contributed by atoms with E-state index in [0.717, 1.165) is 19.3 Å². The maximum Gasteiger partial charge on any atom is 0.511 e. The summed E-state index contributed by atoms with van der Waals surface area (Å²) in [7, 11) is 0. The van der Waals surface area contributed by atoms with Gasteiger partial charge in [0.2, 0.25) is 5.43 Å². The van der Waals surface area contributed by atoms with Gasteiger partial charge in [0.25, 0.3) is 0 Å². The second kappa shape index (κ2) is 6.38. The van der Waals surface area contributed by atoms with Crippen molar-refractivity contribution in [1.29, 1.82) is 0 Å². The summed E-state index contributed by atoms with van der Waals surface area (Å²) in [5.74, 6) is -0.851. The number of rotatable bonds is 4. The van der Waals surface area contributed by atoms with Crippen molar-refractivity contribution in [3.8, 4) is 5.75 Å². The van der Waals surface area contributed by atoms with Crippen LogP contribution in [0.3, 0.4) is 0 Å². The zero-order valence-electron chi connectivity index (χ0n) is 14.5. The number of carboxylic acid groups (broad SMARTS) is 1. The molecule has 1 saturated heterocycles. The van der Waals surface area contributed by atoms with Gasteiger partial charge in [-0.3, -0.25) is 4.79 Å². The first-order chi connectivity index (χ1) is 12.9. The molecule has 0 amide bonds. The minimum absolute atomic E-state index is 0.0461. The number of pyridine rings is 2. The molecule has 2 aromatic heterocycles. The fourth-order valence-electron chi connectivity index (χ4n) is 3.56. The number of hydrogen-bond donors (Lipinski definition) is 3. The van der Waals surface area contributed by atoms with E-state index in [2.05, 4.69) is 9.72 Å². The molecule has 2 aliphatic rings. The Balaban J connectivity index is 1.92. The third-order valence-corrected chi connectivity index (χ3v) is 5.15. The molecular weight excluding hydrogens is 357 g/mol. The van der Waals surface area contributed by atoms with E-state index >= 15 is 0 Å². The van der Waals surface area contributed by atoms with E-state index in [0.29, 0.717) is 19.6 Å². The second-order valence-corrected chi connectivity index (χ2v) is 7.03. The summed E-state index contributed by atoms with van der Waals surface area (Å²) in [6.07, 6.45) is 2.21. The van der Waals surface area contributed by atoms with Gasteiger partial charge >= 0.3 is 6.16 Å². The number of fused-ring (bicyclic) bond motifs is 1. The van der Waals surface area contributed by atoms with Gasteiger partial charge < -0.3 is 30.8 Å². The van der Waals surface area contributed by atoms with Gasteiger partial charge in [0.15, 0.2) is 17.4 Å². The van der Waals surface area contributed by atoms with Gasteiger partial charge in [0.05, 0.1) is 17.3 Å². The van der Waals surface area contributed by atoms with Crippen LogP contribution >= 0.6 is 0 Å². The fourth-order valence-corrected chi connectivity index (χ4v) is 3.56. The van der Waals surface area contributed by atoms with Crippen LogP contribution < -0.4 is 26.5 Å². The van der Waals surface area contributed by atoms with Crippen LogP contribution in [-0.2, 0) is 0 Å². The molecular formula is C17H20FN5O4. The standard InChI is InChI=1S/C17H20FN5O4/c18-12-13(20)11-14(24)10(27-17(25)26)7-23(9-1-2-9)15(11)21-16(12)22-4-3-8(5-19)6-22/h7-9H,1-6,19H2,(H2,20,21)(H,25,26). The number of nitrogens with zero attached hydrogens (tertiary/aromatic N) is 3. The Labute approximate surface area is 153 Å². The normalized spacial score (nSPS) is 19.6. The van der Waals surface area contributed by atoms with Gasteiger partial charge in [-0.15, -0.1) is 0 Å². The molecule has 10 heteroatoms. The topological polar surface area (TPSA) is 137 Å². The predicted octanol–water partition coefficient (Wildman–Crippen LogP) is 1.29. The van der Waals surface area contributed by atoms with Gasteiger partial charge in [-0.25, -0.2) is 14.2 Å². The second-order valence-electron chi connectivity index (χ2n) is 7.03. The largest absolute Gasteiger partial charge is 0.511 e. The zero-order chi connectivity index (χ0) is 19.3. The van der Waals surface area contributed by atoms with Crippen LogP contribution in [0.25, 0.3) is 11.0 Å². The molecule has 2 fully saturated rings. The molecule has 144 valence electrons. The summed E-state index contributed by atoms with van der Waals surface area (Å²) < 4.78 is 21.2. The van der Waals surface area contributed by atoms with E-state index in [4.69, 9.17) is 16.6 Å². The molecule has 0 radical (unpaired) electrons. The number of nitrogen functional groups attached to an aromatic ring is 1. The summed E-state index contributed by atoms with van der Waals surface area (Å²) in [4.78, 5) is 29.7. The number of anilines is 2. The number of halogens is 1. The van der Waals surface area contributed by atoms with E-state index in [-0.39, 0.29) is 34.5 Å². The first-order valence-electron chi connectivity index (χ1n) is 8.80. The van der Waals surface area contributed by atoms with Crippen molar-refractivity contribution in [2.24, 2.45) is 11.7 Å². The monoisotopic (exact) mass is 377 g/mol. The van der Waals surface area contributed by atoms with E-state index in [1.165, 1.54) is 6.20 Å². The molecule has 0 spiro atoms. The van der Waals surface area contributed by atoms with Gasteiger partial charge in [-0.2, -0.15) is 0 Å². The molecule has 27 heavy (non-hydrogen) atoms. The van der Waals surface area contributed by atoms with Crippen molar-refractivity contribution in [1.82, 2.24) is 9.55 Å². The Morgan fingerprint density at radius 2 is 2.15 bits per heavy atom. The Morgan fingerprint density at radius 3 is 2.74 bits per heavy atom. The Morgan fingerprint density at radius 1 is 1.41 bits per heavy atom. The maximum absolute atomic E-state index is 15.0. The van der Waals surface area contributed by atoms with Crippen LogP contribution in [0.2, 0.25) is 0 Å². The number of hydrogen-bond acceptors (Lipinski definition) is 7. The lowest BCUT2D eigenvalue weighted by Crippen LogP contribution is -2.26. The molecule has 1 saturated carbocycles. The molecule has 1 aliphatic heterocycles. The van der Waals surface area contributed by atoms with Crippen LogP contribution in [0, 0.1) is 11.7 Å². The highest BCUT2D eigenvalue weighted by atomic mass is 19.1. The summed E-state index contributed by atoms with van der Waals surface area (Å²) in [6.45, 7) is 1.67. The Bertz CT molecular complexity index is 988. The van der Waals surface area contributed by atoms with Crippen LogP contribution in [0.4, 0.5) is 20.7 Å². The lowest BCUT2D eigenvalue weighted by molar-refractivity contribution is 0.143. The van der Waals surface area contributed by atoms with Gasteiger partial charge in [0.1, 0.15) is 5.65 Å². The average molecular weight is 377 g/mol. The quantitative estimate of drug-likeness (QED) is 0.678. The van der Waals surface area contributed by atoms with E-state index in [1.54, 1.807) is 9.47 Å². The fraction of sp³-hybridized carbons (Fsp3) is 0.471. The highest BCUT2D eigenvalue weighted by molar-refractivity contribution is 5.91.